The van der Waals surface area contributed by atoms with Gasteiger partial charge in [0.15, 0.2) is 0 Å². The molecule has 0 saturated heterocycles. The molecule has 2 rings (SSSR count). The highest BCUT2D eigenvalue weighted by molar-refractivity contribution is 7.92. The van der Waals surface area contributed by atoms with Crippen LogP contribution < -0.4 is 14.4 Å². The van der Waals surface area contributed by atoms with Gasteiger partial charge < -0.3 is 15.0 Å². The first-order chi connectivity index (χ1) is 17.5. The molecular formula is C28H41N3O5S. The van der Waals surface area contributed by atoms with Crippen molar-refractivity contribution < 1.29 is 22.7 Å². The van der Waals surface area contributed by atoms with Crippen LogP contribution in [-0.2, 0) is 32.6 Å². The quantitative estimate of drug-likeness (QED) is 0.398. The second-order valence-electron chi connectivity index (χ2n) is 9.64. The van der Waals surface area contributed by atoms with Crippen LogP contribution >= 0.6 is 0 Å². The maximum Gasteiger partial charge on any atom is 0.242 e. The number of benzene rings is 2. The van der Waals surface area contributed by atoms with Gasteiger partial charge in [-0.15, -0.1) is 0 Å². The first-order valence-corrected chi connectivity index (χ1v) is 14.6. The summed E-state index contributed by atoms with van der Waals surface area (Å²) in [5, 5.41) is 2.91. The number of amides is 2. The van der Waals surface area contributed by atoms with E-state index in [0.29, 0.717) is 24.4 Å². The molecule has 204 valence electrons. The Balaban J connectivity index is 2.15. The number of aryl methyl sites for hydroxylation is 1. The van der Waals surface area contributed by atoms with Gasteiger partial charge in [0.2, 0.25) is 21.8 Å². The van der Waals surface area contributed by atoms with Gasteiger partial charge in [-0.3, -0.25) is 13.9 Å². The van der Waals surface area contributed by atoms with Crippen LogP contribution in [0.1, 0.15) is 51.7 Å². The Bertz CT molecular complexity index is 1120. The van der Waals surface area contributed by atoms with Crippen molar-refractivity contribution in [3.8, 4) is 5.75 Å². The predicted octanol–water partition coefficient (Wildman–Crippen LogP) is 3.99. The molecule has 9 heteroatoms. The number of nitrogens with one attached hydrogen (secondary N) is 1. The lowest BCUT2D eigenvalue weighted by Gasteiger charge is -2.29. The maximum atomic E-state index is 13.4. The van der Waals surface area contributed by atoms with E-state index < -0.39 is 16.1 Å². The third kappa shape index (κ3) is 9.39. The molecule has 2 aromatic rings. The summed E-state index contributed by atoms with van der Waals surface area (Å²) in [6, 6.07) is 14.1. The van der Waals surface area contributed by atoms with Crippen molar-refractivity contribution in [1.82, 2.24) is 10.2 Å². The van der Waals surface area contributed by atoms with Crippen LogP contribution in [0.5, 0.6) is 5.75 Å². The molecule has 0 bridgehead atoms. The van der Waals surface area contributed by atoms with Gasteiger partial charge in [-0.25, -0.2) is 8.42 Å². The van der Waals surface area contributed by atoms with Crippen LogP contribution in [0.2, 0.25) is 0 Å². The minimum atomic E-state index is -3.52. The predicted molar refractivity (Wildman–Crippen MR) is 148 cm³/mol. The molecule has 37 heavy (non-hydrogen) atoms. The molecule has 0 spiro atoms. The highest BCUT2D eigenvalue weighted by atomic mass is 32.2. The van der Waals surface area contributed by atoms with Crippen molar-refractivity contribution in [2.24, 2.45) is 5.92 Å². The molecule has 0 heterocycles. The lowest BCUT2D eigenvalue weighted by molar-refractivity contribution is -0.140. The number of anilines is 1. The van der Waals surface area contributed by atoms with Gasteiger partial charge in [0.25, 0.3) is 0 Å². The summed E-state index contributed by atoms with van der Waals surface area (Å²) in [6.45, 7) is 8.72. The average molecular weight is 532 g/mol. The molecule has 0 aliphatic rings. The van der Waals surface area contributed by atoms with Crippen molar-refractivity contribution in [2.45, 2.75) is 59.5 Å². The first-order valence-electron chi connectivity index (χ1n) is 12.7. The van der Waals surface area contributed by atoms with Crippen LogP contribution in [-0.4, -0.2) is 57.6 Å². The lowest BCUT2D eigenvalue weighted by Crippen LogP contribution is -2.48. The fourth-order valence-electron chi connectivity index (χ4n) is 3.86. The molecule has 0 radical (unpaired) electrons. The van der Waals surface area contributed by atoms with E-state index in [-0.39, 0.29) is 37.2 Å². The standard InChI is InChI=1S/C28H41N3O5S/c1-7-23-10-14-25(15-11-23)31(37(6,34)35)18-8-9-27(32)30(22(4)28(33)29-19-21(2)3)20-24-12-16-26(36-5)17-13-24/h10-17,21-22H,7-9,18-20H2,1-6H3,(H,29,33)/t22-/m1/s1. The van der Waals surface area contributed by atoms with Crippen LogP contribution in [0, 0.1) is 5.92 Å². The number of sulfonamides is 1. The van der Waals surface area contributed by atoms with E-state index in [2.05, 4.69) is 5.32 Å². The summed E-state index contributed by atoms with van der Waals surface area (Å²) in [6.07, 6.45) is 2.46. The molecule has 0 fully saturated rings. The smallest absolute Gasteiger partial charge is 0.242 e. The molecule has 2 amide bonds. The minimum absolute atomic E-state index is 0.108. The molecule has 1 N–H and O–H groups in total. The summed E-state index contributed by atoms with van der Waals surface area (Å²) < 4.78 is 31.5. The Hall–Kier alpha value is -3.07. The summed E-state index contributed by atoms with van der Waals surface area (Å²) >= 11 is 0. The number of nitrogens with zero attached hydrogens (tertiary/aromatic N) is 2. The van der Waals surface area contributed by atoms with Gasteiger partial charge >= 0.3 is 0 Å². The minimum Gasteiger partial charge on any atom is -0.497 e. The Morgan fingerprint density at radius 2 is 1.57 bits per heavy atom. The van der Waals surface area contributed by atoms with E-state index in [0.717, 1.165) is 17.5 Å². The summed E-state index contributed by atoms with van der Waals surface area (Å²) in [5.74, 6) is 0.564. The van der Waals surface area contributed by atoms with Gasteiger partial charge in [-0.05, 0) is 61.1 Å². The number of carbonyl (C=O) groups excluding carboxylic acids is 2. The van der Waals surface area contributed by atoms with Crippen molar-refractivity contribution in [3.63, 3.8) is 0 Å². The molecule has 1 atom stereocenters. The number of rotatable bonds is 14. The third-order valence-electron chi connectivity index (χ3n) is 6.15. The van der Waals surface area contributed by atoms with Gasteiger partial charge in [-0.2, -0.15) is 0 Å². The molecular weight excluding hydrogens is 490 g/mol. The van der Waals surface area contributed by atoms with Gasteiger partial charge in [0, 0.05) is 26.1 Å². The van der Waals surface area contributed by atoms with Crippen LogP contribution in [0.15, 0.2) is 48.5 Å². The van der Waals surface area contributed by atoms with E-state index in [9.17, 15) is 18.0 Å². The number of ether oxygens (including phenoxy) is 1. The number of hydrogen-bond donors (Lipinski definition) is 1. The average Bonchev–Trinajstić information content (AvgIpc) is 2.87. The Labute approximate surface area is 222 Å². The third-order valence-corrected chi connectivity index (χ3v) is 7.34. The Morgan fingerprint density at radius 1 is 0.973 bits per heavy atom. The molecule has 8 nitrogen and oxygen atoms in total. The highest BCUT2D eigenvalue weighted by Gasteiger charge is 2.26. The van der Waals surface area contributed by atoms with E-state index >= 15 is 0 Å². The van der Waals surface area contributed by atoms with E-state index in [1.807, 2.05) is 57.2 Å². The van der Waals surface area contributed by atoms with Crippen molar-refractivity contribution in [1.29, 1.82) is 0 Å². The monoisotopic (exact) mass is 531 g/mol. The van der Waals surface area contributed by atoms with Crippen LogP contribution in [0.25, 0.3) is 0 Å². The van der Waals surface area contributed by atoms with Crippen molar-refractivity contribution >= 4 is 27.5 Å². The van der Waals surface area contributed by atoms with E-state index in [1.165, 1.54) is 10.6 Å². The molecule has 0 saturated carbocycles. The van der Waals surface area contributed by atoms with Crippen LogP contribution in [0.4, 0.5) is 5.69 Å². The highest BCUT2D eigenvalue weighted by Crippen LogP contribution is 2.20. The summed E-state index contributed by atoms with van der Waals surface area (Å²) in [4.78, 5) is 27.7. The molecule has 2 aromatic carbocycles. The molecule has 0 aliphatic heterocycles. The van der Waals surface area contributed by atoms with E-state index in [4.69, 9.17) is 4.74 Å². The second-order valence-corrected chi connectivity index (χ2v) is 11.6. The Morgan fingerprint density at radius 3 is 2.08 bits per heavy atom. The molecule has 0 unspecified atom stereocenters. The normalized spacial score (nSPS) is 12.2. The topological polar surface area (TPSA) is 96.0 Å². The second kappa shape index (κ2) is 14.0. The number of carbonyl (C=O) groups is 2. The summed E-state index contributed by atoms with van der Waals surface area (Å²) in [7, 11) is -1.94. The zero-order chi connectivity index (χ0) is 27.6. The van der Waals surface area contributed by atoms with Crippen molar-refractivity contribution in [2.75, 3.05) is 30.8 Å². The van der Waals surface area contributed by atoms with E-state index in [1.54, 1.807) is 31.1 Å². The fourth-order valence-corrected chi connectivity index (χ4v) is 4.83. The van der Waals surface area contributed by atoms with Crippen molar-refractivity contribution in [3.05, 3.63) is 59.7 Å². The first kappa shape index (κ1) is 30.2. The fraction of sp³-hybridized carbons (Fsp3) is 0.500. The van der Waals surface area contributed by atoms with Gasteiger partial charge in [-0.1, -0.05) is 45.0 Å². The SMILES string of the molecule is CCc1ccc(N(CCCC(=O)N(Cc2ccc(OC)cc2)[C@H](C)C(=O)NCC(C)C)S(C)(=O)=O)cc1. The largest absolute Gasteiger partial charge is 0.497 e. The number of methoxy groups -OCH3 is 1. The van der Waals surface area contributed by atoms with Gasteiger partial charge in [0.1, 0.15) is 11.8 Å². The molecule has 0 aromatic heterocycles. The summed E-state index contributed by atoms with van der Waals surface area (Å²) in [5.41, 5.74) is 2.56. The molecule has 0 aliphatic carbocycles. The van der Waals surface area contributed by atoms with Gasteiger partial charge in [0.05, 0.1) is 19.1 Å². The zero-order valence-corrected chi connectivity index (χ0v) is 23.7. The number of hydrogen-bond acceptors (Lipinski definition) is 5. The maximum absolute atomic E-state index is 13.4. The Kier molecular flexibility index (Phi) is 11.4. The lowest BCUT2D eigenvalue weighted by atomic mass is 10.1. The van der Waals surface area contributed by atoms with Crippen LogP contribution in [0.3, 0.4) is 0 Å². The zero-order valence-electron chi connectivity index (χ0n) is 22.9.